The van der Waals surface area contributed by atoms with E-state index in [1.54, 1.807) is 10.9 Å². The zero-order valence-electron chi connectivity index (χ0n) is 14.3. The molecule has 3 heterocycles. The third kappa shape index (κ3) is 3.97. The summed E-state index contributed by atoms with van der Waals surface area (Å²) >= 11 is 0. The number of furan rings is 1. The molecule has 0 aliphatic carbocycles. The van der Waals surface area contributed by atoms with E-state index in [1.165, 1.54) is 19.3 Å². The van der Waals surface area contributed by atoms with Crippen molar-refractivity contribution in [2.45, 2.75) is 32.2 Å². The number of carbonyl (C=O) groups excluding carboxylic acids is 1. The first-order chi connectivity index (χ1) is 11.6. The first-order valence-electron chi connectivity index (χ1n) is 8.46. The van der Waals surface area contributed by atoms with Crippen LogP contribution in [-0.4, -0.2) is 40.3 Å². The zero-order valence-corrected chi connectivity index (χ0v) is 14.3. The van der Waals surface area contributed by atoms with Gasteiger partial charge in [-0.2, -0.15) is 5.10 Å². The summed E-state index contributed by atoms with van der Waals surface area (Å²) in [6.45, 7) is 4.48. The summed E-state index contributed by atoms with van der Waals surface area (Å²) in [7, 11) is 1.81. The second-order valence-electron chi connectivity index (χ2n) is 6.26. The van der Waals surface area contributed by atoms with Crippen molar-refractivity contribution in [3.8, 4) is 0 Å². The highest BCUT2D eigenvalue weighted by Crippen LogP contribution is 2.24. The Morgan fingerprint density at radius 2 is 2.17 bits per heavy atom. The topological polar surface area (TPSA) is 75.3 Å². The van der Waals surface area contributed by atoms with E-state index < -0.39 is 0 Å². The normalized spacial score (nSPS) is 16.8. The Morgan fingerprint density at radius 3 is 2.79 bits per heavy atom. The molecule has 0 bridgehead atoms. The number of hydrogen-bond acceptors (Lipinski definition) is 4. The van der Waals surface area contributed by atoms with Crippen LogP contribution in [0.25, 0.3) is 0 Å². The molecule has 0 aromatic carbocycles. The second kappa shape index (κ2) is 7.53. The Hall–Kier alpha value is -2.28. The van der Waals surface area contributed by atoms with Crippen molar-refractivity contribution < 1.29 is 9.21 Å². The van der Waals surface area contributed by atoms with E-state index in [1.807, 2.05) is 32.2 Å². The minimum Gasteiger partial charge on any atom is -0.468 e. The van der Waals surface area contributed by atoms with Crippen molar-refractivity contribution in [2.24, 2.45) is 7.05 Å². The van der Waals surface area contributed by atoms with Crippen LogP contribution < -0.4 is 10.6 Å². The van der Waals surface area contributed by atoms with Gasteiger partial charge in [0.05, 0.1) is 18.0 Å². The highest BCUT2D eigenvalue weighted by molar-refractivity contribution is 5.88. The fourth-order valence-corrected chi connectivity index (χ4v) is 3.20. The molecule has 1 saturated heterocycles. The van der Waals surface area contributed by atoms with Crippen LogP contribution in [0.4, 0.5) is 10.6 Å². The smallest absolute Gasteiger partial charge is 0.320 e. The number of nitrogens with one attached hydrogen (secondary N) is 2. The number of urea groups is 1. The molecule has 0 radical (unpaired) electrons. The number of nitrogens with zero attached hydrogens (tertiary/aromatic N) is 3. The van der Waals surface area contributed by atoms with Crippen LogP contribution in [0.5, 0.6) is 0 Å². The predicted octanol–water partition coefficient (Wildman–Crippen LogP) is 2.67. The van der Waals surface area contributed by atoms with Crippen molar-refractivity contribution in [3.05, 3.63) is 35.9 Å². The van der Waals surface area contributed by atoms with E-state index in [2.05, 4.69) is 20.6 Å². The van der Waals surface area contributed by atoms with Gasteiger partial charge in [0, 0.05) is 19.7 Å². The average molecular weight is 331 g/mol. The van der Waals surface area contributed by atoms with Crippen LogP contribution in [0.2, 0.25) is 0 Å². The molecule has 0 unspecified atom stereocenters. The van der Waals surface area contributed by atoms with Gasteiger partial charge in [-0.15, -0.1) is 0 Å². The summed E-state index contributed by atoms with van der Waals surface area (Å²) in [4.78, 5) is 14.6. The second-order valence-corrected chi connectivity index (χ2v) is 6.26. The number of rotatable bonds is 5. The van der Waals surface area contributed by atoms with Gasteiger partial charge in [0.25, 0.3) is 0 Å². The fraction of sp³-hybridized carbons (Fsp3) is 0.529. The van der Waals surface area contributed by atoms with Crippen molar-refractivity contribution in [3.63, 3.8) is 0 Å². The molecular weight excluding hydrogens is 306 g/mol. The summed E-state index contributed by atoms with van der Waals surface area (Å²) in [5, 5.41) is 10.0. The Morgan fingerprint density at radius 1 is 1.38 bits per heavy atom. The van der Waals surface area contributed by atoms with Crippen LogP contribution in [0.15, 0.2) is 28.9 Å². The molecule has 0 spiro atoms. The lowest BCUT2D eigenvalue weighted by Crippen LogP contribution is -2.41. The lowest BCUT2D eigenvalue weighted by atomic mass is 10.1. The average Bonchev–Trinajstić information content (AvgIpc) is 3.19. The highest BCUT2D eigenvalue weighted by Gasteiger charge is 2.25. The number of likely N-dealkylation sites (tertiary alicyclic amines) is 1. The van der Waals surface area contributed by atoms with E-state index in [0.717, 1.165) is 24.5 Å². The molecule has 1 atom stereocenters. The summed E-state index contributed by atoms with van der Waals surface area (Å²) in [6, 6.07) is 5.55. The SMILES string of the molecule is Cc1cc(NC(=O)NC[C@H](c2ccco2)N2CCCCC2)n(C)n1. The van der Waals surface area contributed by atoms with Gasteiger partial charge in [0.15, 0.2) is 0 Å². The Labute approximate surface area is 142 Å². The molecule has 2 amide bonds. The Balaban J connectivity index is 1.60. The third-order valence-electron chi connectivity index (χ3n) is 4.40. The minimum absolute atomic E-state index is 0.0688. The van der Waals surface area contributed by atoms with E-state index in [-0.39, 0.29) is 12.1 Å². The first-order valence-corrected chi connectivity index (χ1v) is 8.46. The summed E-state index contributed by atoms with van der Waals surface area (Å²) in [5.74, 6) is 1.58. The molecular formula is C17H25N5O2. The number of carbonyl (C=O) groups is 1. The molecule has 1 aliphatic heterocycles. The van der Waals surface area contributed by atoms with Gasteiger partial charge in [-0.1, -0.05) is 6.42 Å². The number of piperidine rings is 1. The van der Waals surface area contributed by atoms with Gasteiger partial charge in [-0.3, -0.25) is 14.9 Å². The lowest BCUT2D eigenvalue weighted by molar-refractivity contribution is 0.144. The molecule has 130 valence electrons. The summed E-state index contributed by atoms with van der Waals surface area (Å²) in [5.41, 5.74) is 0.870. The first kappa shape index (κ1) is 16.6. The molecule has 7 heteroatoms. The van der Waals surface area contributed by atoms with Gasteiger partial charge >= 0.3 is 6.03 Å². The van der Waals surface area contributed by atoms with Crippen molar-refractivity contribution in [1.82, 2.24) is 20.0 Å². The van der Waals surface area contributed by atoms with Crippen molar-refractivity contribution >= 4 is 11.8 Å². The summed E-state index contributed by atoms with van der Waals surface area (Å²) in [6.07, 6.45) is 5.34. The zero-order chi connectivity index (χ0) is 16.9. The fourth-order valence-electron chi connectivity index (χ4n) is 3.20. The molecule has 3 rings (SSSR count). The van der Waals surface area contributed by atoms with Gasteiger partial charge < -0.3 is 9.73 Å². The minimum atomic E-state index is -0.230. The molecule has 2 aromatic heterocycles. The van der Waals surface area contributed by atoms with Crippen LogP contribution in [0, 0.1) is 6.92 Å². The molecule has 0 saturated carbocycles. The van der Waals surface area contributed by atoms with Crippen LogP contribution in [0.3, 0.4) is 0 Å². The molecule has 1 aliphatic rings. The van der Waals surface area contributed by atoms with Crippen molar-refractivity contribution in [1.29, 1.82) is 0 Å². The monoisotopic (exact) mass is 331 g/mol. The number of aromatic nitrogens is 2. The maximum Gasteiger partial charge on any atom is 0.320 e. The summed E-state index contributed by atoms with van der Waals surface area (Å²) < 4.78 is 7.25. The predicted molar refractivity (Wildman–Crippen MR) is 91.8 cm³/mol. The van der Waals surface area contributed by atoms with Gasteiger partial charge in [0.2, 0.25) is 0 Å². The van der Waals surface area contributed by atoms with E-state index in [9.17, 15) is 4.79 Å². The maximum absolute atomic E-state index is 12.2. The molecule has 1 fully saturated rings. The number of anilines is 1. The van der Waals surface area contributed by atoms with Gasteiger partial charge in [0.1, 0.15) is 11.6 Å². The number of hydrogen-bond donors (Lipinski definition) is 2. The van der Waals surface area contributed by atoms with Crippen molar-refractivity contribution in [2.75, 3.05) is 25.0 Å². The van der Waals surface area contributed by atoms with E-state index in [0.29, 0.717) is 12.4 Å². The Kier molecular flexibility index (Phi) is 5.20. The Bertz CT molecular complexity index is 659. The van der Waals surface area contributed by atoms with Crippen LogP contribution >= 0.6 is 0 Å². The van der Waals surface area contributed by atoms with Crippen LogP contribution in [0.1, 0.15) is 36.8 Å². The molecule has 2 N–H and O–H groups in total. The van der Waals surface area contributed by atoms with E-state index in [4.69, 9.17) is 4.42 Å². The van der Waals surface area contributed by atoms with Crippen LogP contribution in [-0.2, 0) is 7.05 Å². The molecule has 7 nitrogen and oxygen atoms in total. The largest absolute Gasteiger partial charge is 0.468 e. The standard InChI is InChI=1S/C17H25N5O2/c1-13-11-16(21(2)20-13)19-17(23)18-12-14(15-7-6-10-24-15)22-8-4-3-5-9-22/h6-7,10-11,14H,3-5,8-9,12H2,1-2H3,(H2,18,19,23)/t14-/m1/s1. The van der Waals surface area contributed by atoms with E-state index >= 15 is 0 Å². The number of aryl methyl sites for hydroxylation is 2. The van der Waals surface area contributed by atoms with Gasteiger partial charge in [-0.05, 0) is 45.0 Å². The van der Waals surface area contributed by atoms with Gasteiger partial charge in [-0.25, -0.2) is 4.79 Å². The maximum atomic E-state index is 12.2. The lowest BCUT2D eigenvalue weighted by Gasteiger charge is -2.33. The quantitative estimate of drug-likeness (QED) is 0.883. The molecule has 24 heavy (non-hydrogen) atoms. The highest BCUT2D eigenvalue weighted by atomic mass is 16.3. The number of amides is 2. The third-order valence-corrected chi connectivity index (χ3v) is 4.40. The molecule has 2 aromatic rings.